The van der Waals surface area contributed by atoms with E-state index in [1.807, 2.05) is 6.07 Å². The monoisotopic (exact) mass is 503 g/mol. The summed E-state index contributed by atoms with van der Waals surface area (Å²) in [6.45, 7) is 2.98. The fourth-order valence-corrected chi connectivity index (χ4v) is 5.62. The van der Waals surface area contributed by atoms with Crippen LogP contribution in [0.2, 0.25) is 0 Å². The third-order valence-corrected chi connectivity index (χ3v) is 7.90. The molecule has 0 unspecified atom stereocenters. The summed E-state index contributed by atoms with van der Waals surface area (Å²) in [5, 5.41) is 0. The fraction of sp³-hybridized carbons (Fsp3) is 0.600. The highest BCUT2D eigenvalue weighted by Crippen LogP contribution is 2.29. The number of halogens is 1. The molecule has 32 heavy (non-hydrogen) atoms. The molecule has 4 rings (SSSR count). The predicted molar refractivity (Wildman–Crippen MR) is 131 cm³/mol. The Morgan fingerprint density at radius 1 is 1.06 bits per heavy atom. The molecule has 1 N–H and O–H groups in total. The van der Waals surface area contributed by atoms with E-state index in [2.05, 4.69) is 37.9 Å². The molecule has 0 spiro atoms. The van der Waals surface area contributed by atoms with E-state index < -0.39 is 0 Å². The lowest BCUT2D eigenvalue weighted by Gasteiger charge is -2.32. The number of likely N-dealkylation sites (tertiary alicyclic amines) is 1. The van der Waals surface area contributed by atoms with Gasteiger partial charge in [0.15, 0.2) is 0 Å². The lowest BCUT2D eigenvalue weighted by Crippen LogP contribution is -2.40. The SMILES string of the molecule is COc1ccc(Br)c(CC2CCN(CCc3cc(=O)n(C4CCCCC4)c(=O)[nH]3)CC2)c1. The number of nitrogens with zero attached hydrogens (tertiary/aromatic N) is 2. The maximum atomic E-state index is 12.6. The molecule has 1 saturated heterocycles. The number of hydrogen-bond acceptors (Lipinski definition) is 4. The zero-order valence-electron chi connectivity index (χ0n) is 18.9. The van der Waals surface area contributed by atoms with Crippen LogP contribution < -0.4 is 16.0 Å². The second kappa shape index (κ2) is 10.8. The Labute approximate surface area is 198 Å². The zero-order valence-corrected chi connectivity index (χ0v) is 20.5. The Kier molecular flexibility index (Phi) is 7.89. The van der Waals surface area contributed by atoms with Gasteiger partial charge in [-0.05, 0) is 74.9 Å². The third-order valence-electron chi connectivity index (χ3n) is 7.13. The molecule has 1 aromatic carbocycles. The van der Waals surface area contributed by atoms with Gasteiger partial charge in [-0.1, -0.05) is 35.2 Å². The van der Waals surface area contributed by atoms with E-state index in [9.17, 15) is 9.59 Å². The van der Waals surface area contributed by atoms with Crippen LogP contribution in [0.5, 0.6) is 5.75 Å². The largest absolute Gasteiger partial charge is 0.497 e. The van der Waals surface area contributed by atoms with Crippen molar-refractivity contribution in [1.82, 2.24) is 14.5 Å². The Hall–Kier alpha value is -1.86. The molecule has 1 aromatic heterocycles. The minimum Gasteiger partial charge on any atom is -0.497 e. The van der Waals surface area contributed by atoms with Gasteiger partial charge in [-0.3, -0.25) is 9.36 Å². The first-order chi connectivity index (χ1) is 15.5. The summed E-state index contributed by atoms with van der Waals surface area (Å²) in [6.07, 6.45) is 9.35. The lowest BCUT2D eigenvalue weighted by atomic mass is 9.90. The number of aromatic nitrogens is 2. The number of aromatic amines is 1. The van der Waals surface area contributed by atoms with Crippen molar-refractivity contribution < 1.29 is 4.74 Å². The molecule has 2 aromatic rings. The summed E-state index contributed by atoms with van der Waals surface area (Å²) in [5.41, 5.74) is 1.69. The molecule has 1 aliphatic carbocycles. The topological polar surface area (TPSA) is 67.3 Å². The number of methoxy groups -OCH3 is 1. The van der Waals surface area contributed by atoms with E-state index in [1.54, 1.807) is 13.2 Å². The van der Waals surface area contributed by atoms with Crippen molar-refractivity contribution in [1.29, 1.82) is 0 Å². The van der Waals surface area contributed by atoms with Crippen LogP contribution >= 0.6 is 15.9 Å². The highest BCUT2D eigenvalue weighted by molar-refractivity contribution is 9.10. The Morgan fingerprint density at radius 3 is 2.50 bits per heavy atom. The van der Waals surface area contributed by atoms with Gasteiger partial charge in [0.05, 0.1) is 7.11 Å². The fourth-order valence-electron chi connectivity index (χ4n) is 5.21. The van der Waals surface area contributed by atoms with Gasteiger partial charge in [-0.25, -0.2) is 4.79 Å². The molecule has 2 fully saturated rings. The second-order valence-corrected chi connectivity index (χ2v) is 10.2. The Bertz CT molecular complexity index is 987. The van der Waals surface area contributed by atoms with Crippen LogP contribution in [0.4, 0.5) is 0 Å². The van der Waals surface area contributed by atoms with E-state index >= 15 is 0 Å². The molecular formula is C25H34BrN3O3. The summed E-state index contributed by atoms with van der Waals surface area (Å²) in [4.78, 5) is 30.6. The highest BCUT2D eigenvalue weighted by atomic mass is 79.9. The summed E-state index contributed by atoms with van der Waals surface area (Å²) in [6, 6.07) is 7.88. The zero-order chi connectivity index (χ0) is 22.5. The van der Waals surface area contributed by atoms with Gasteiger partial charge in [0.2, 0.25) is 0 Å². The van der Waals surface area contributed by atoms with Gasteiger partial charge in [-0.2, -0.15) is 0 Å². The number of piperidine rings is 1. The number of ether oxygens (including phenoxy) is 1. The van der Waals surface area contributed by atoms with E-state index in [4.69, 9.17) is 4.74 Å². The minimum atomic E-state index is -0.234. The van der Waals surface area contributed by atoms with Crippen LogP contribution in [-0.2, 0) is 12.8 Å². The van der Waals surface area contributed by atoms with Gasteiger partial charge in [0.1, 0.15) is 5.75 Å². The summed E-state index contributed by atoms with van der Waals surface area (Å²) in [5.74, 6) is 1.56. The molecule has 0 atom stereocenters. The van der Waals surface area contributed by atoms with E-state index in [0.717, 1.165) is 80.5 Å². The molecule has 174 valence electrons. The van der Waals surface area contributed by atoms with Crippen molar-refractivity contribution in [2.45, 2.75) is 63.8 Å². The van der Waals surface area contributed by atoms with Crippen molar-refractivity contribution in [3.05, 3.63) is 60.8 Å². The minimum absolute atomic E-state index is 0.0673. The maximum Gasteiger partial charge on any atom is 0.328 e. The number of hydrogen-bond donors (Lipinski definition) is 1. The average molecular weight is 504 g/mol. The summed E-state index contributed by atoms with van der Waals surface area (Å²) >= 11 is 3.67. The Morgan fingerprint density at radius 2 is 1.81 bits per heavy atom. The van der Waals surface area contributed by atoms with E-state index in [0.29, 0.717) is 12.3 Å². The molecule has 2 heterocycles. The molecule has 0 bridgehead atoms. The lowest BCUT2D eigenvalue weighted by molar-refractivity contribution is 0.185. The highest BCUT2D eigenvalue weighted by Gasteiger charge is 2.22. The van der Waals surface area contributed by atoms with Crippen molar-refractivity contribution in [2.75, 3.05) is 26.7 Å². The summed E-state index contributed by atoms with van der Waals surface area (Å²) < 4.78 is 7.97. The first-order valence-corrected chi connectivity index (χ1v) is 12.7. The van der Waals surface area contributed by atoms with Crippen LogP contribution in [0.15, 0.2) is 38.3 Å². The van der Waals surface area contributed by atoms with Crippen molar-refractivity contribution >= 4 is 15.9 Å². The molecule has 7 heteroatoms. The molecule has 1 saturated carbocycles. The van der Waals surface area contributed by atoms with Crippen LogP contribution in [-0.4, -0.2) is 41.2 Å². The van der Waals surface area contributed by atoms with Gasteiger partial charge in [0, 0.05) is 35.2 Å². The van der Waals surface area contributed by atoms with Gasteiger partial charge in [0.25, 0.3) is 5.56 Å². The van der Waals surface area contributed by atoms with Crippen molar-refractivity contribution in [3.63, 3.8) is 0 Å². The standard InChI is InChI=1S/C25H34BrN3O3/c1-32-22-7-8-23(26)19(16-22)15-18-9-12-28(13-10-18)14-11-20-17-24(30)29(25(31)27-20)21-5-3-2-4-6-21/h7-8,16-18,21H,2-6,9-15H2,1H3,(H,27,31). The molecule has 1 aliphatic heterocycles. The quantitative estimate of drug-likeness (QED) is 0.611. The van der Waals surface area contributed by atoms with Crippen molar-refractivity contribution in [3.8, 4) is 5.75 Å². The van der Waals surface area contributed by atoms with Crippen LogP contribution in [0.1, 0.15) is 62.2 Å². The number of H-pyrrole nitrogens is 1. The summed E-state index contributed by atoms with van der Waals surface area (Å²) in [7, 11) is 1.71. The van der Waals surface area contributed by atoms with Gasteiger partial charge in [-0.15, -0.1) is 0 Å². The van der Waals surface area contributed by atoms with Gasteiger partial charge < -0.3 is 14.6 Å². The third kappa shape index (κ3) is 5.73. The number of nitrogens with one attached hydrogen (secondary N) is 1. The molecular weight excluding hydrogens is 470 g/mol. The first kappa shape index (κ1) is 23.3. The van der Waals surface area contributed by atoms with Crippen molar-refractivity contribution in [2.24, 2.45) is 5.92 Å². The molecule has 0 radical (unpaired) electrons. The maximum absolute atomic E-state index is 12.6. The number of benzene rings is 1. The first-order valence-electron chi connectivity index (χ1n) is 11.9. The molecule has 0 amide bonds. The van der Waals surface area contributed by atoms with Crippen LogP contribution in [0.3, 0.4) is 0 Å². The van der Waals surface area contributed by atoms with E-state index in [1.165, 1.54) is 16.6 Å². The van der Waals surface area contributed by atoms with Crippen LogP contribution in [0.25, 0.3) is 0 Å². The second-order valence-electron chi connectivity index (χ2n) is 9.30. The normalized spacial score (nSPS) is 18.7. The predicted octanol–water partition coefficient (Wildman–Crippen LogP) is 4.31. The van der Waals surface area contributed by atoms with E-state index in [-0.39, 0.29) is 17.3 Å². The molecule has 2 aliphatic rings. The average Bonchev–Trinajstić information content (AvgIpc) is 2.80. The molecule has 6 nitrogen and oxygen atoms in total. The van der Waals surface area contributed by atoms with Gasteiger partial charge >= 0.3 is 5.69 Å². The smallest absolute Gasteiger partial charge is 0.328 e. The number of rotatable bonds is 7. The van der Waals surface area contributed by atoms with Crippen LogP contribution in [0, 0.1) is 5.92 Å². The Balaban J connectivity index is 1.29.